The van der Waals surface area contributed by atoms with E-state index in [1.165, 1.54) is 41.6 Å². The van der Waals surface area contributed by atoms with Crippen LogP contribution in [0.15, 0.2) is 82.8 Å². The Labute approximate surface area is 160 Å². The van der Waals surface area contributed by atoms with E-state index in [4.69, 9.17) is 0 Å². The predicted octanol–water partition coefficient (Wildman–Crippen LogP) is 5.19. The lowest BCUT2D eigenvalue weighted by Crippen LogP contribution is -2.61. The molecule has 0 N–H and O–H groups in total. The highest BCUT2D eigenvalue weighted by atomic mass is 15.8. The van der Waals surface area contributed by atoms with E-state index in [2.05, 4.69) is 76.6 Å². The van der Waals surface area contributed by atoms with E-state index < -0.39 is 0 Å². The Balaban J connectivity index is 1.60. The number of aliphatic imine (C=N–C) groups is 2. The molecule has 2 heterocycles. The Morgan fingerprint density at radius 2 is 1.85 bits per heavy atom. The van der Waals surface area contributed by atoms with Crippen molar-refractivity contribution in [3.8, 4) is 11.1 Å². The molecular weight excluding hydrogens is 332 g/mol. The molecule has 0 amide bonds. The third kappa shape index (κ3) is 2.64. The maximum absolute atomic E-state index is 4.48. The number of hydrogen-bond donors (Lipinski definition) is 0. The van der Waals surface area contributed by atoms with Crippen molar-refractivity contribution in [3.63, 3.8) is 0 Å². The van der Waals surface area contributed by atoms with Crippen LogP contribution in [0.25, 0.3) is 11.1 Å². The largest absolute Gasteiger partial charge is 0.253 e. The van der Waals surface area contributed by atoms with Crippen molar-refractivity contribution >= 4 is 18.2 Å². The Kier molecular flexibility index (Phi) is 3.80. The van der Waals surface area contributed by atoms with Crippen molar-refractivity contribution in [3.05, 3.63) is 78.4 Å². The molecule has 1 unspecified atom stereocenters. The van der Waals surface area contributed by atoms with E-state index in [0.717, 1.165) is 5.70 Å². The van der Waals surface area contributed by atoms with Gasteiger partial charge in [-0.1, -0.05) is 42.0 Å². The molecule has 2 aliphatic heterocycles. The van der Waals surface area contributed by atoms with Crippen LogP contribution in [-0.2, 0) is 0 Å². The molecule has 0 aromatic heterocycles. The van der Waals surface area contributed by atoms with E-state index in [-0.39, 0.29) is 0 Å². The van der Waals surface area contributed by atoms with Crippen LogP contribution in [0.3, 0.4) is 0 Å². The molecule has 0 saturated heterocycles. The molecule has 5 rings (SSSR count). The van der Waals surface area contributed by atoms with Crippen LogP contribution < -0.4 is 5.01 Å². The molecule has 4 nitrogen and oxygen atoms in total. The van der Waals surface area contributed by atoms with Crippen molar-refractivity contribution < 1.29 is 4.59 Å². The minimum Gasteiger partial charge on any atom is -0.253 e. The number of benzene rings is 2. The van der Waals surface area contributed by atoms with Crippen LogP contribution in [0.2, 0.25) is 0 Å². The van der Waals surface area contributed by atoms with Crippen LogP contribution >= 0.6 is 0 Å². The average Bonchev–Trinajstić information content (AvgIpc) is 3.10. The van der Waals surface area contributed by atoms with E-state index in [9.17, 15) is 0 Å². The summed E-state index contributed by atoms with van der Waals surface area (Å²) in [7, 11) is 0. The Morgan fingerprint density at radius 3 is 2.63 bits per heavy atom. The quantitative estimate of drug-likeness (QED) is 0.694. The summed E-state index contributed by atoms with van der Waals surface area (Å²) in [4.78, 5) is 8.80. The number of nitrogens with zero attached hydrogens (tertiary/aromatic N) is 4. The Hall–Kier alpha value is -2.98. The summed E-state index contributed by atoms with van der Waals surface area (Å²) in [5, 5.41) is 2.49. The van der Waals surface area contributed by atoms with Gasteiger partial charge in [0.15, 0.2) is 6.20 Å². The van der Waals surface area contributed by atoms with Gasteiger partial charge in [0.05, 0.1) is 30.3 Å². The summed E-state index contributed by atoms with van der Waals surface area (Å²) in [5.74, 6) is 0. The molecule has 1 saturated carbocycles. The van der Waals surface area contributed by atoms with Gasteiger partial charge >= 0.3 is 0 Å². The van der Waals surface area contributed by atoms with Crippen LogP contribution in [0.4, 0.5) is 5.69 Å². The first-order valence-electron chi connectivity index (χ1n) is 9.57. The molecular formula is C23H23N4+. The van der Waals surface area contributed by atoms with E-state index in [1.54, 1.807) is 0 Å². The summed E-state index contributed by atoms with van der Waals surface area (Å²) in [6.07, 6.45) is 13.6. The zero-order chi connectivity index (χ0) is 18.3. The van der Waals surface area contributed by atoms with Gasteiger partial charge in [-0.15, -0.1) is 4.59 Å². The van der Waals surface area contributed by atoms with Crippen LogP contribution in [-0.4, -0.2) is 23.2 Å². The number of hydrogen-bond acceptors (Lipinski definition) is 3. The van der Waals surface area contributed by atoms with Gasteiger partial charge in [0, 0.05) is 0 Å². The average molecular weight is 355 g/mol. The molecule has 1 fully saturated rings. The van der Waals surface area contributed by atoms with E-state index in [1.807, 2.05) is 25.0 Å². The van der Waals surface area contributed by atoms with Crippen LogP contribution in [0.5, 0.6) is 0 Å². The second-order valence-corrected chi connectivity index (χ2v) is 7.48. The molecule has 2 aromatic rings. The first-order chi connectivity index (χ1) is 13.3. The highest BCUT2D eigenvalue weighted by molar-refractivity contribution is 5.82. The first kappa shape index (κ1) is 16.2. The highest BCUT2D eigenvalue weighted by Gasteiger charge is 2.46. The fraction of sp³-hybridized carbons (Fsp3) is 0.217. The SMILES string of the molecule is Cc1ccc(-c2cccc(N(C3CCC3)[N+]34C=CN=CC3=CN=C4)c2)cc1. The van der Waals surface area contributed by atoms with E-state index in [0.29, 0.717) is 10.6 Å². The maximum Gasteiger partial charge on any atom is 0.225 e. The van der Waals surface area contributed by atoms with Crippen molar-refractivity contribution in [2.45, 2.75) is 32.2 Å². The van der Waals surface area contributed by atoms with Gasteiger partial charge in [0.2, 0.25) is 12.0 Å². The van der Waals surface area contributed by atoms with Gasteiger partial charge in [-0.2, -0.15) is 0 Å². The van der Waals surface area contributed by atoms with Crippen molar-refractivity contribution in [1.29, 1.82) is 0 Å². The van der Waals surface area contributed by atoms with Gasteiger partial charge in [0.1, 0.15) is 0 Å². The standard InChI is InChI=1S/C23H23N4/c1-18-8-10-19(11-9-18)20-4-2-7-22(14-20)26(21-5-3-6-21)27-13-12-24-15-23(27)16-25-17-27/h2,4,7-17,21H,3,5-6H2,1H3/q+1. The van der Waals surface area contributed by atoms with Gasteiger partial charge in [-0.05, 0) is 49.4 Å². The topological polar surface area (TPSA) is 28.0 Å². The molecule has 0 spiro atoms. The summed E-state index contributed by atoms with van der Waals surface area (Å²) in [5.41, 5.74) is 6.08. The zero-order valence-corrected chi connectivity index (χ0v) is 15.5. The minimum atomic E-state index is 0.502. The lowest BCUT2D eigenvalue weighted by atomic mass is 9.91. The fourth-order valence-corrected chi connectivity index (χ4v) is 4.01. The van der Waals surface area contributed by atoms with Crippen molar-refractivity contribution in [2.24, 2.45) is 9.98 Å². The number of allylic oxidation sites excluding steroid dienone is 1. The fourth-order valence-electron chi connectivity index (χ4n) is 4.01. The second kappa shape index (κ2) is 6.32. The molecule has 0 radical (unpaired) electrons. The minimum absolute atomic E-state index is 0.502. The van der Waals surface area contributed by atoms with Crippen molar-refractivity contribution in [1.82, 2.24) is 0 Å². The van der Waals surface area contributed by atoms with Crippen LogP contribution in [0, 0.1) is 6.92 Å². The molecule has 2 aromatic carbocycles. The van der Waals surface area contributed by atoms with Crippen LogP contribution in [0.1, 0.15) is 24.8 Å². The molecule has 3 aliphatic rings. The predicted molar refractivity (Wildman–Crippen MR) is 111 cm³/mol. The third-order valence-corrected chi connectivity index (χ3v) is 5.72. The molecule has 1 aliphatic carbocycles. The second-order valence-electron chi connectivity index (χ2n) is 7.48. The maximum atomic E-state index is 4.48. The smallest absolute Gasteiger partial charge is 0.225 e. The lowest BCUT2D eigenvalue weighted by Gasteiger charge is -2.46. The summed E-state index contributed by atoms with van der Waals surface area (Å²) >= 11 is 0. The van der Waals surface area contributed by atoms with Gasteiger partial charge in [0.25, 0.3) is 0 Å². The summed E-state index contributed by atoms with van der Waals surface area (Å²) in [6.45, 7) is 2.12. The number of fused-ring (bicyclic) bond motifs is 1. The molecule has 4 heteroatoms. The Morgan fingerprint density at radius 1 is 1.00 bits per heavy atom. The number of anilines is 1. The molecule has 0 bridgehead atoms. The van der Waals surface area contributed by atoms with Gasteiger partial charge in [-0.25, -0.2) is 10.0 Å². The molecule has 1 atom stereocenters. The first-order valence-corrected chi connectivity index (χ1v) is 9.57. The number of rotatable bonds is 4. The molecule has 134 valence electrons. The van der Waals surface area contributed by atoms with E-state index >= 15 is 0 Å². The normalized spacial score (nSPS) is 23.1. The number of aryl methyl sites for hydroxylation is 1. The lowest BCUT2D eigenvalue weighted by molar-refractivity contribution is -0.746. The molecule has 27 heavy (non-hydrogen) atoms. The zero-order valence-electron chi connectivity index (χ0n) is 15.5. The summed E-state index contributed by atoms with van der Waals surface area (Å²) in [6, 6.07) is 18.1. The number of quaternary nitrogens is 1. The summed E-state index contributed by atoms with van der Waals surface area (Å²) < 4.78 is 0.505. The highest BCUT2D eigenvalue weighted by Crippen LogP contribution is 2.40. The van der Waals surface area contributed by atoms with Gasteiger partial charge < -0.3 is 0 Å². The van der Waals surface area contributed by atoms with Gasteiger partial charge in [-0.3, -0.25) is 4.99 Å². The Bertz CT molecular complexity index is 980. The monoisotopic (exact) mass is 355 g/mol. The third-order valence-electron chi connectivity index (χ3n) is 5.72. The van der Waals surface area contributed by atoms with Crippen molar-refractivity contribution in [2.75, 3.05) is 5.01 Å².